The molecule has 1 aliphatic rings. The van der Waals surface area contributed by atoms with Crippen LogP contribution in [0.5, 0.6) is 11.5 Å². The second-order valence-electron chi connectivity index (χ2n) is 3.33. The Balaban J connectivity index is 2.47. The van der Waals surface area contributed by atoms with E-state index in [0.717, 1.165) is 27.1 Å². The molecule has 0 aliphatic carbocycles. The Bertz CT molecular complexity index is 381. The van der Waals surface area contributed by atoms with E-state index in [1.807, 2.05) is 13.0 Å². The SMILES string of the molecule is Cc1c(Br)c(CNO)cc2c1OCCO2. The third kappa shape index (κ3) is 1.95. The molecule has 1 aromatic rings. The Labute approximate surface area is 96.3 Å². The van der Waals surface area contributed by atoms with Crippen molar-refractivity contribution >= 4 is 15.9 Å². The van der Waals surface area contributed by atoms with Crippen LogP contribution in [0.25, 0.3) is 0 Å². The average molecular weight is 274 g/mol. The molecule has 0 atom stereocenters. The smallest absolute Gasteiger partial charge is 0.165 e. The summed E-state index contributed by atoms with van der Waals surface area (Å²) in [6, 6.07) is 1.87. The second kappa shape index (κ2) is 4.38. The van der Waals surface area contributed by atoms with Crippen molar-refractivity contribution < 1.29 is 14.7 Å². The summed E-state index contributed by atoms with van der Waals surface area (Å²) in [4.78, 5) is 0. The van der Waals surface area contributed by atoms with Gasteiger partial charge in [-0.1, -0.05) is 15.9 Å². The van der Waals surface area contributed by atoms with Crippen LogP contribution in [0.2, 0.25) is 0 Å². The number of halogens is 1. The summed E-state index contributed by atoms with van der Waals surface area (Å²) in [6.07, 6.45) is 0. The van der Waals surface area contributed by atoms with E-state index in [1.54, 1.807) is 0 Å². The first-order valence-electron chi connectivity index (χ1n) is 4.68. The van der Waals surface area contributed by atoms with Gasteiger partial charge in [0.25, 0.3) is 0 Å². The molecular formula is C10H12BrNO3. The number of rotatable bonds is 2. The number of hydroxylamine groups is 1. The molecule has 15 heavy (non-hydrogen) atoms. The van der Waals surface area contributed by atoms with E-state index in [-0.39, 0.29) is 0 Å². The van der Waals surface area contributed by atoms with Gasteiger partial charge >= 0.3 is 0 Å². The standard InChI is InChI=1S/C10H12BrNO3/c1-6-9(11)7(5-12-13)4-8-10(6)15-3-2-14-8/h4,12-13H,2-3,5H2,1H3. The van der Waals surface area contributed by atoms with Gasteiger partial charge in [0.05, 0.1) is 0 Å². The van der Waals surface area contributed by atoms with Crippen molar-refractivity contribution in [2.24, 2.45) is 0 Å². The van der Waals surface area contributed by atoms with Gasteiger partial charge in [0.15, 0.2) is 11.5 Å². The molecule has 82 valence electrons. The van der Waals surface area contributed by atoms with Gasteiger partial charge in [-0.25, -0.2) is 5.48 Å². The van der Waals surface area contributed by atoms with E-state index >= 15 is 0 Å². The van der Waals surface area contributed by atoms with Crippen molar-refractivity contribution in [1.29, 1.82) is 0 Å². The Morgan fingerprint density at radius 3 is 2.93 bits per heavy atom. The Kier molecular flexibility index (Phi) is 3.14. The van der Waals surface area contributed by atoms with Crippen LogP contribution in [-0.2, 0) is 6.54 Å². The lowest BCUT2D eigenvalue weighted by molar-refractivity contribution is 0.158. The van der Waals surface area contributed by atoms with E-state index in [4.69, 9.17) is 14.7 Å². The van der Waals surface area contributed by atoms with Crippen LogP contribution >= 0.6 is 15.9 Å². The van der Waals surface area contributed by atoms with Crippen LogP contribution in [0.3, 0.4) is 0 Å². The van der Waals surface area contributed by atoms with Gasteiger partial charge in [-0.3, -0.25) is 0 Å². The molecule has 0 spiro atoms. The molecule has 1 heterocycles. The molecule has 0 saturated heterocycles. The summed E-state index contributed by atoms with van der Waals surface area (Å²) in [6.45, 7) is 3.48. The highest BCUT2D eigenvalue weighted by Crippen LogP contribution is 2.39. The summed E-state index contributed by atoms with van der Waals surface area (Å²) in [5.41, 5.74) is 4.07. The highest BCUT2D eigenvalue weighted by molar-refractivity contribution is 9.10. The summed E-state index contributed by atoms with van der Waals surface area (Å²) in [5.74, 6) is 1.53. The Morgan fingerprint density at radius 2 is 2.20 bits per heavy atom. The molecule has 1 aromatic carbocycles. The maximum atomic E-state index is 8.70. The second-order valence-corrected chi connectivity index (χ2v) is 4.13. The molecule has 0 amide bonds. The van der Waals surface area contributed by atoms with Gasteiger partial charge in [-0.05, 0) is 18.6 Å². The number of fused-ring (bicyclic) bond motifs is 1. The number of nitrogens with one attached hydrogen (secondary N) is 1. The van der Waals surface area contributed by atoms with Crippen molar-refractivity contribution in [3.8, 4) is 11.5 Å². The number of hydrogen-bond donors (Lipinski definition) is 2. The van der Waals surface area contributed by atoms with E-state index in [2.05, 4.69) is 21.4 Å². The lowest BCUT2D eigenvalue weighted by Crippen LogP contribution is -2.17. The zero-order valence-corrected chi connectivity index (χ0v) is 9.93. The van der Waals surface area contributed by atoms with Crippen LogP contribution < -0.4 is 15.0 Å². The van der Waals surface area contributed by atoms with E-state index in [9.17, 15) is 0 Å². The Hall–Kier alpha value is -0.780. The van der Waals surface area contributed by atoms with E-state index in [1.165, 1.54) is 0 Å². The average Bonchev–Trinajstić information content (AvgIpc) is 2.26. The van der Waals surface area contributed by atoms with E-state index in [0.29, 0.717) is 19.8 Å². The summed E-state index contributed by atoms with van der Waals surface area (Å²) >= 11 is 3.47. The fraction of sp³-hybridized carbons (Fsp3) is 0.400. The first-order chi connectivity index (χ1) is 7.24. The highest BCUT2D eigenvalue weighted by atomic mass is 79.9. The first kappa shape index (κ1) is 10.7. The minimum atomic E-state index is 0.373. The van der Waals surface area contributed by atoms with Crippen LogP contribution in [-0.4, -0.2) is 18.4 Å². The maximum absolute atomic E-state index is 8.70. The zero-order valence-electron chi connectivity index (χ0n) is 8.34. The van der Waals surface area contributed by atoms with Crippen LogP contribution in [0.1, 0.15) is 11.1 Å². The quantitative estimate of drug-likeness (QED) is 0.810. The minimum Gasteiger partial charge on any atom is -0.486 e. The molecule has 0 unspecified atom stereocenters. The number of ether oxygens (including phenoxy) is 2. The van der Waals surface area contributed by atoms with Gasteiger partial charge in [0.1, 0.15) is 13.2 Å². The van der Waals surface area contributed by atoms with Gasteiger partial charge in [-0.15, -0.1) is 0 Å². The van der Waals surface area contributed by atoms with Crippen LogP contribution in [0, 0.1) is 6.92 Å². The monoisotopic (exact) mass is 273 g/mol. The maximum Gasteiger partial charge on any atom is 0.165 e. The summed E-state index contributed by atoms with van der Waals surface area (Å²) in [5, 5.41) is 8.70. The molecule has 0 aromatic heterocycles. The van der Waals surface area contributed by atoms with Crippen molar-refractivity contribution in [3.63, 3.8) is 0 Å². The summed E-state index contributed by atoms with van der Waals surface area (Å²) in [7, 11) is 0. The number of benzene rings is 1. The molecule has 0 bridgehead atoms. The molecule has 2 N–H and O–H groups in total. The van der Waals surface area contributed by atoms with Gasteiger partial charge < -0.3 is 14.7 Å². The van der Waals surface area contributed by atoms with Crippen LogP contribution in [0.15, 0.2) is 10.5 Å². The molecule has 0 fully saturated rings. The molecule has 4 nitrogen and oxygen atoms in total. The van der Waals surface area contributed by atoms with Crippen molar-refractivity contribution in [2.45, 2.75) is 13.5 Å². The predicted molar refractivity (Wildman–Crippen MR) is 58.5 cm³/mol. The zero-order chi connectivity index (χ0) is 10.8. The molecular weight excluding hydrogens is 262 g/mol. The normalized spacial score (nSPS) is 14.1. The highest BCUT2D eigenvalue weighted by Gasteiger charge is 2.18. The third-order valence-electron chi connectivity index (χ3n) is 2.34. The minimum absolute atomic E-state index is 0.373. The molecule has 0 radical (unpaired) electrons. The third-order valence-corrected chi connectivity index (χ3v) is 3.44. The van der Waals surface area contributed by atoms with E-state index < -0.39 is 0 Å². The first-order valence-corrected chi connectivity index (χ1v) is 5.48. The van der Waals surface area contributed by atoms with Gasteiger partial charge in [0.2, 0.25) is 0 Å². The molecule has 2 rings (SSSR count). The van der Waals surface area contributed by atoms with Crippen molar-refractivity contribution in [1.82, 2.24) is 5.48 Å². The van der Waals surface area contributed by atoms with Gasteiger partial charge in [0, 0.05) is 16.6 Å². The fourth-order valence-electron chi connectivity index (χ4n) is 1.61. The Morgan fingerprint density at radius 1 is 1.47 bits per heavy atom. The fourth-order valence-corrected chi connectivity index (χ4v) is 2.04. The van der Waals surface area contributed by atoms with Gasteiger partial charge in [-0.2, -0.15) is 0 Å². The topological polar surface area (TPSA) is 50.7 Å². The molecule has 5 heteroatoms. The lowest BCUT2D eigenvalue weighted by Gasteiger charge is -2.22. The van der Waals surface area contributed by atoms with Crippen molar-refractivity contribution in [3.05, 3.63) is 21.7 Å². The molecule has 0 saturated carbocycles. The summed E-state index contributed by atoms with van der Waals surface area (Å²) < 4.78 is 12.0. The van der Waals surface area contributed by atoms with Crippen molar-refractivity contribution in [2.75, 3.05) is 13.2 Å². The molecule has 1 aliphatic heterocycles. The largest absolute Gasteiger partial charge is 0.486 e. The number of hydrogen-bond acceptors (Lipinski definition) is 4. The van der Waals surface area contributed by atoms with Crippen LogP contribution in [0.4, 0.5) is 0 Å². The lowest BCUT2D eigenvalue weighted by atomic mass is 10.1. The predicted octanol–water partition coefficient (Wildman–Crippen LogP) is 2.01.